The van der Waals surface area contributed by atoms with E-state index in [1.165, 1.54) is 8.92 Å². The van der Waals surface area contributed by atoms with Gasteiger partial charge in [0.1, 0.15) is 0 Å². The molecule has 0 unspecified atom stereocenters. The fourth-order valence-electron chi connectivity index (χ4n) is 3.55. The van der Waals surface area contributed by atoms with Gasteiger partial charge in [0.2, 0.25) is 0 Å². The van der Waals surface area contributed by atoms with Crippen molar-refractivity contribution >= 4 is 89.8 Å². The molecular formula is C24H46GeN2Se2Si4. The van der Waals surface area contributed by atoms with Crippen LogP contribution >= 0.6 is 0 Å². The summed E-state index contributed by atoms with van der Waals surface area (Å²) in [5, 5.41) is 0. The van der Waals surface area contributed by atoms with Crippen LogP contribution in [0.25, 0.3) is 0 Å². The van der Waals surface area contributed by atoms with Crippen LogP contribution in [0.3, 0.4) is 0 Å². The zero-order valence-corrected chi connectivity index (χ0v) is 32.5. The van der Waals surface area contributed by atoms with E-state index >= 15 is 0 Å². The molecule has 0 atom stereocenters. The Labute approximate surface area is 233 Å². The van der Waals surface area contributed by atoms with Crippen molar-refractivity contribution in [3.8, 4) is 0 Å². The van der Waals surface area contributed by atoms with Crippen molar-refractivity contribution in [3.05, 3.63) is 60.7 Å². The van der Waals surface area contributed by atoms with Gasteiger partial charge in [-0.1, -0.05) is 0 Å². The molecule has 0 aliphatic heterocycles. The third-order valence-corrected chi connectivity index (χ3v) is 38.7. The molecule has 9 heteroatoms. The summed E-state index contributed by atoms with van der Waals surface area (Å²) in [6.45, 7) is 30.5. The summed E-state index contributed by atoms with van der Waals surface area (Å²) >= 11 is 5.69. The molecule has 0 fully saturated rings. The zero-order valence-electron chi connectivity index (χ0n) is 23.0. The average Bonchev–Trinajstić information content (AvgIpc) is 2.59. The van der Waals surface area contributed by atoms with Crippen LogP contribution in [0.2, 0.25) is 78.6 Å². The summed E-state index contributed by atoms with van der Waals surface area (Å²) in [5.41, 5.74) is 0. The van der Waals surface area contributed by atoms with Crippen LogP contribution in [0.15, 0.2) is 60.7 Å². The summed E-state index contributed by atoms with van der Waals surface area (Å²) < 4.78 is 8.53. The van der Waals surface area contributed by atoms with Gasteiger partial charge in [-0.3, -0.25) is 0 Å². The molecule has 184 valence electrons. The molecule has 0 bridgehead atoms. The van der Waals surface area contributed by atoms with Gasteiger partial charge in [0.25, 0.3) is 0 Å². The Morgan fingerprint density at radius 3 is 0.788 bits per heavy atom. The molecule has 0 aromatic heterocycles. The molecule has 0 saturated heterocycles. The first kappa shape index (κ1) is 33.8. The van der Waals surface area contributed by atoms with E-state index in [1.54, 1.807) is 0 Å². The molecule has 0 spiro atoms. The number of nitrogens with zero attached hydrogens (tertiary/aromatic N) is 2. The van der Waals surface area contributed by atoms with Crippen molar-refractivity contribution in [2.24, 2.45) is 0 Å². The molecule has 0 N–H and O–H groups in total. The first-order valence-corrected chi connectivity index (χ1v) is 28.9. The van der Waals surface area contributed by atoms with Crippen LogP contribution < -0.4 is 8.92 Å². The third kappa shape index (κ3) is 15.5. The van der Waals surface area contributed by atoms with Gasteiger partial charge < -0.3 is 0 Å². The number of rotatable bonds is 6. The van der Waals surface area contributed by atoms with Gasteiger partial charge in [-0.2, -0.15) is 0 Å². The van der Waals surface area contributed by atoms with Crippen molar-refractivity contribution in [1.29, 1.82) is 0 Å². The maximum atomic E-state index is 3.07. The Kier molecular flexibility index (Phi) is 14.9. The first-order chi connectivity index (χ1) is 14.8. The minimum atomic E-state index is -1.19. The summed E-state index contributed by atoms with van der Waals surface area (Å²) in [5.74, 6) is 0. The van der Waals surface area contributed by atoms with Gasteiger partial charge in [0.15, 0.2) is 0 Å². The van der Waals surface area contributed by atoms with Gasteiger partial charge in [-0.05, 0) is 0 Å². The summed E-state index contributed by atoms with van der Waals surface area (Å²) in [7, 11) is -4.76. The monoisotopic (exact) mass is 708 g/mol. The fraction of sp³-hybridized carbons (Fsp3) is 0.500. The normalized spacial score (nSPS) is 12.5. The zero-order chi connectivity index (χ0) is 26.1. The minimum absolute atomic E-state index is 0.114. The Bertz CT molecular complexity index is 689. The van der Waals surface area contributed by atoms with Crippen molar-refractivity contribution in [2.45, 2.75) is 78.6 Å². The van der Waals surface area contributed by atoms with Crippen molar-refractivity contribution in [3.63, 3.8) is 0 Å². The van der Waals surface area contributed by atoms with Crippen LogP contribution in [0.1, 0.15) is 0 Å². The van der Waals surface area contributed by atoms with Crippen LogP contribution in [-0.2, 0) is 0 Å². The van der Waals surface area contributed by atoms with E-state index in [2.05, 4.69) is 117 Å². The quantitative estimate of drug-likeness (QED) is 0.371. The van der Waals surface area contributed by atoms with Crippen LogP contribution in [0.5, 0.6) is 0 Å². The third-order valence-electron chi connectivity index (χ3n) is 4.37. The fourth-order valence-corrected chi connectivity index (χ4v) is 33.6. The second-order valence-corrected chi connectivity index (χ2v) is 40.2. The van der Waals surface area contributed by atoms with Gasteiger partial charge in [0, 0.05) is 0 Å². The van der Waals surface area contributed by atoms with E-state index in [1.807, 2.05) is 60.7 Å². The Morgan fingerprint density at radius 2 is 0.667 bits per heavy atom. The molecule has 0 aliphatic rings. The summed E-state index contributed by atoms with van der Waals surface area (Å²) in [6, 6.07) is 20.1. The molecule has 2 rings (SSSR count). The molecule has 33 heavy (non-hydrogen) atoms. The number of hydrogen-bond donors (Lipinski definition) is 0. The predicted molar refractivity (Wildman–Crippen MR) is 166 cm³/mol. The molecule has 2 aromatic rings. The van der Waals surface area contributed by atoms with Gasteiger partial charge in [-0.25, -0.2) is 0 Å². The van der Waals surface area contributed by atoms with E-state index in [0.29, 0.717) is 0 Å². The maximum absolute atomic E-state index is 3.07. The van der Waals surface area contributed by atoms with E-state index in [9.17, 15) is 0 Å². The molecule has 0 amide bonds. The van der Waals surface area contributed by atoms with E-state index in [0.717, 1.165) is 0 Å². The molecule has 0 aliphatic carbocycles. The molecule has 2 nitrogen and oxygen atoms in total. The molecule has 4 radical (unpaired) electrons. The van der Waals surface area contributed by atoms with E-state index in [4.69, 9.17) is 0 Å². The van der Waals surface area contributed by atoms with Crippen molar-refractivity contribution in [2.75, 3.05) is 0 Å². The second kappa shape index (κ2) is 14.5. The molecule has 0 saturated carbocycles. The Balaban J connectivity index is 0.000000584. The Morgan fingerprint density at radius 1 is 0.455 bits per heavy atom. The predicted octanol–water partition coefficient (Wildman–Crippen LogP) is 5.43. The van der Waals surface area contributed by atoms with Gasteiger partial charge in [-0.15, -0.1) is 0 Å². The van der Waals surface area contributed by atoms with E-state index < -0.39 is 32.9 Å². The molecular weight excluding hydrogens is 659 g/mol. The first-order valence-electron chi connectivity index (χ1n) is 11.6. The van der Waals surface area contributed by atoms with Gasteiger partial charge >= 0.3 is 235 Å². The van der Waals surface area contributed by atoms with Crippen LogP contribution in [0, 0.1) is 0 Å². The van der Waals surface area contributed by atoms with Crippen molar-refractivity contribution < 1.29 is 0 Å². The summed E-state index contributed by atoms with van der Waals surface area (Å²) in [4.78, 5) is 0. The van der Waals surface area contributed by atoms with Gasteiger partial charge in [0.05, 0.1) is 0 Å². The van der Waals surface area contributed by atoms with Crippen LogP contribution in [0.4, 0.5) is 0 Å². The topological polar surface area (TPSA) is 6.48 Å². The second-order valence-electron chi connectivity index (χ2n) is 12.1. The number of benzene rings is 2. The molecule has 2 aromatic carbocycles. The van der Waals surface area contributed by atoms with Crippen molar-refractivity contribution in [1.82, 2.24) is 6.38 Å². The van der Waals surface area contributed by atoms with E-state index in [-0.39, 0.29) is 15.9 Å². The standard InChI is InChI=1S/C12H36GeN2Si4.2C6H5Se/c1-16(2,3)14(17(4,5)6)13-15(18(7,8)9)19(10,11)12;2*7-6-4-2-1-3-5-6/h1-12H3;2*1-5H. The Hall–Kier alpha value is 0.809. The molecule has 0 heterocycles. The summed E-state index contributed by atoms with van der Waals surface area (Å²) in [6.07, 6.45) is 0. The average molecular weight is 706 g/mol. The number of hydrogen-bond acceptors (Lipinski definition) is 2. The SMILES string of the molecule is C[Si](C)(C)[N]([Ge][N]([Si](C)(C)C)[Si](C)(C)C)[Si](C)(C)C.[Se]c1ccccc1.[Se]c1ccccc1. The van der Waals surface area contributed by atoms with Crippen LogP contribution in [-0.4, -0.2) is 87.2 Å².